The van der Waals surface area contributed by atoms with Crippen molar-refractivity contribution in [1.82, 2.24) is 19.9 Å². The molecule has 0 radical (unpaired) electrons. The molecule has 0 aliphatic rings. The van der Waals surface area contributed by atoms with Gasteiger partial charge in [-0.05, 0) is 24.4 Å². The highest BCUT2D eigenvalue weighted by Crippen LogP contribution is 2.20. The summed E-state index contributed by atoms with van der Waals surface area (Å²) in [5.41, 5.74) is 1.26. The quantitative estimate of drug-likeness (QED) is 0.706. The number of H-pyrrole nitrogens is 1. The lowest BCUT2D eigenvalue weighted by atomic mass is 10.1. The van der Waals surface area contributed by atoms with Crippen molar-refractivity contribution in [2.75, 3.05) is 11.9 Å². The van der Waals surface area contributed by atoms with Crippen LogP contribution in [0.4, 0.5) is 5.82 Å². The highest BCUT2D eigenvalue weighted by molar-refractivity contribution is 6.28. The van der Waals surface area contributed by atoms with Crippen LogP contribution in [-0.4, -0.2) is 37.7 Å². The summed E-state index contributed by atoms with van der Waals surface area (Å²) >= 11 is 5.82. The maximum Gasteiger partial charge on any atom is 0.226 e. The molecule has 1 atom stereocenters. The largest absolute Gasteiger partial charge is 0.396 e. The van der Waals surface area contributed by atoms with Crippen LogP contribution in [0.2, 0.25) is 5.28 Å². The first-order chi connectivity index (χ1) is 8.24. The summed E-state index contributed by atoms with van der Waals surface area (Å²) in [6.45, 7) is 2.18. The molecule has 6 nitrogen and oxygen atoms in total. The number of rotatable bonds is 5. The Labute approximate surface area is 103 Å². The molecule has 2 heterocycles. The van der Waals surface area contributed by atoms with Crippen LogP contribution in [0.15, 0.2) is 6.33 Å². The van der Waals surface area contributed by atoms with Gasteiger partial charge in [-0.3, -0.25) is 0 Å². The number of aliphatic hydroxyl groups excluding tert-OH is 1. The molecule has 0 amide bonds. The van der Waals surface area contributed by atoms with E-state index in [0.717, 1.165) is 11.9 Å². The summed E-state index contributed by atoms with van der Waals surface area (Å²) in [7, 11) is 0. The summed E-state index contributed by atoms with van der Waals surface area (Å²) in [6.07, 6.45) is 3.10. The van der Waals surface area contributed by atoms with E-state index >= 15 is 0 Å². The molecule has 0 saturated heterocycles. The SMILES string of the molecule is CCC(CCO)Nc1nc(Cl)nc2nc[nH]c12. The number of imidazole rings is 1. The Morgan fingerprint density at radius 1 is 1.53 bits per heavy atom. The fourth-order valence-electron chi connectivity index (χ4n) is 1.64. The van der Waals surface area contributed by atoms with Crippen LogP contribution in [0.1, 0.15) is 19.8 Å². The standard InChI is InChI=1S/C10H14ClN5O/c1-2-6(3-4-17)14-9-7-8(13-5-12-7)15-10(11)16-9/h5-6,17H,2-4H2,1H3,(H2,12,13,14,15,16). The van der Waals surface area contributed by atoms with Crippen molar-refractivity contribution in [1.29, 1.82) is 0 Å². The molecule has 0 saturated carbocycles. The van der Waals surface area contributed by atoms with Gasteiger partial charge in [0.1, 0.15) is 5.52 Å². The second-order valence-electron chi connectivity index (χ2n) is 3.70. The summed E-state index contributed by atoms with van der Waals surface area (Å²) in [5.74, 6) is 0.623. The smallest absolute Gasteiger partial charge is 0.226 e. The number of hydrogen-bond donors (Lipinski definition) is 3. The Bertz CT molecular complexity index is 500. The molecule has 0 aliphatic heterocycles. The summed E-state index contributed by atoms with van der Waals surface area (Å²) in [5, 5.41) is 12.3. The van der Waals surface area contributed by atoms with E-state index in [4.69, 9.17) is 16.7 Å². The lowest BCUT2D eigenvalue weighted by Gasteiger charge is -2.16. The van der Waals surface area contributed by atoms with Gasteiger partial charge in [-0.2, -0.15) is 9.97 Å². The van der Waals surface area contributed by atoms with Crippen LogP contribution in [0.5, 0.6) is 0 Å². The first-order valence-electron chi connectivity index (χ1n) is 5.48. The Morgan fingerprint density at radius 2 is 2.35 bits per heavy atom. The number of hydrogen-bond acceptors (Lipinski definition) is 5. The average molecular weight is 256 g/mol. The summed E-state index contributed by atoms with van der Waals surface area (Å²) < 4.78 is 0. The number of halogens is 1. The number of nitrogens with one attached hydrogen (secondary N) is 2. The molecule has 2 rings (SSSR count). The van der Waals surface area contributed by atoms with Gasteiger partial charge >= 0.3 is 0 Å². The zero-order valence-corrected chi connectivity index (χ0v) is 10.2. The van der Waals surface area contributed by atoms with Gasteiger partial charge in [0.25, 0.3) is 0 Å². The van der Waals surface area contributed by atoms with Crippen molar-refractivity contribution in [3.8, 4) is 0 Å². The minimum atomic E-state index is 0.135. The molecule has 2 aromatic heterocycles. The van der Waals surface area contributed by atoms with Gasteiger partial charge in [0.15, 0.2) is 11.5 Å². The molecule has 0 fully saturated rings. The van der Waals surface area contributed by atoms with Crippen LogP contribution >= 0.6 is 11.6 Å². The van der Waals surface area contributed by atoms with E-state index in [1.165, 1.54) is 0 Å². The topological polar surface area (TPSA) is 86.7 Å². The number of aromatic nitrogens is 4. The molecule has 0 aromatic carbocycles. The van der Waals surface area contributed by atoms with Crippen LogP contribution in [0.3, 0.4) is 0 Å². The molecule has 2 aromatic rings. The first kappa shape index (κ1) is 12.1. The monoisotopic (exact) mass is 255 g/mol. The van der Waals surface area contributed by atoms with E-state index in [-0.39, 0.29) is 17.9 Å². The van der Waals surface area contributed by atoms with Crippen molar-refractivity contribution < 1.29 is 5.11 Å². The third-order valence-corrected chi connectivity index (χ3v) is 2.74. The van der Waals surface area contributed by atoms with E-state index in [9.17, 15) is 0 Å². The number of aliphatic hydroxyl groups is 1. The maximum absolute atomic E-state index is 8.95. The van der Waals surface area contributed by atoms with Gasteiger partial charge in [-0.25, -0.2) is 4.98 Å². The first-order valence-corrected chi connectivity index (χ1v) is 5.86. The van der Waals surface area contributed by atoms with Crippen molar-refractivity contribution in [3.05, 3.63) is 11.6 Å². The van der Waals surface area contributed by atoms with Gasteiger partial charge in [-0.1, -0.05) is 6.92 Å². The second-order valence-corrected chi connectivity index (χ2v) is 4.04. The molecule has 92 valence electrons. The maximum atomic E-state index is 8.95. The summed E-state index contributed by atoms with van der Waals surface area (Å²) in [6, 6.07) is 0.150. The predicted molar refractivity (Wildman–Crippen MR) is 66.1 cm³/mol. The van der Waals surface area contributed by atoms with E-state index in [1.54, 1.807) is 6.33 Å². The van der Waals surface area contributed by atoms with Crippen molar-refractivity contribution in [2.45, 2.75) is 25.8 Å². The van der Waals surface area contributed by atoms with Gasteiger partial charge in [0.2, 0.25) is 5.28 Å². The number of nitrogens with zero attached hydrogens (tertiary/aromatic N) is 3. The zero-order chi connectivity index (χ0) is 12.3. The van der Waals surface area contributed by atoms with E-state index in [1.807, 2.05) is 6.92 Å². The molecule has 0 bridgehead atoms. The van der Waals surface area contributed by atoms with E-state index in [0.29, 0.717) is 17.9 Å². The average Bonchev–Trinajstić information content (AvgIpc) is 2.76. The third kappa shape index (κ3) is 2.65. The molecular formula is C10H14ClN5O. The number of fused-ring (bicyclic) bond motifs is 1. The highest BCUT2D eigenvalue weighted by atomic mass is 35.5. The van der Waals surface area contributed by atoms with Crippen LogP contribution in [0.25, 0.3) is 11.2 Å². The lowest BCUT2D eigenvalue weighted by Crippen LogP contribution is -2.21. The zero-order valence-electron chi connectivity index (χ0n) is 9.44. The minimum absolute atomic E-state index is 0.135. The molecule has 3 N–H and O–H groups in total. The lowest BCUT2D eigenvalue weighted by molar-refractivity contribution is 0.278. The normalized spacial score (nSPS) is 12.9. The number of anilines is 1. The van der Waals surface area contributed by atoms with Crippen molar-refractivity contribution in [2.24, 2.45) is 0 Å². The van der Waals surface area contributed by atoms with Gasteiger partial charge in [-0.15, -0.1) is 0 Å². The summed E-state index contributed by atoms with van der Waals surface area (Å²) in [4.78, 5) is 15.1. The van der Waals surface area contributed by atoms with E-state index in [2.05, 4.69) is 25.3 Å². The molecule has 7 heteroatoms. The molecule has 0 spiro atoms. The minimum Gasteiger partial charge on any atom is -0.396 e. The Hall–Kier alpha value is -1.40. The predicted octanol–water partition coefficient (Wildman–Crippen LogP) is 1.58. The Kier molecular flexibility index (Phi) is 3.75. The molecule has 1 unspecified atom stereocenters. The molecular weight excluding hydrogens is 242 g/mol. The highest BCUT2D eigenvalue weighted by Gasteiger charge is 2.12. The van der Waals surface area contributed by atoms with Gasteiger partial charge < -0.3 is 15.4 Å². The fraction of sp³-hybridized carbons (Fsp3) is 0.500. The van der Waals surface area contributed by atoms with Crippen LogP contribution in [0, 0.1) is 0 Å². The number of aromatic amines is 1. The molecule has 17 heavy (non-hydrogen) atoms. The van der Waals surface area contributed by atoms with Crippen LogP contribution in [-0.2, 0) is 0 Å². The molecule has 0 aliphatic carbocycles. The Balaban J connectivity index is 2.30. The Morgan fingerprint density at radius 3 is 3.06 bits per heavy atom. The van der Waals surface area contributed by atoms with Gasteiger partial charge in [0, 0.05) is 12.6 Å². The second kappa shape index (κ2) is 5.29. The fourth-order valence-corrected chi connectivity index (χ4v) is 1.80. The van der Waals surface area contributed by atoms with Crippen molar-refractivity contribution >= 4 is 28.6 Å². The van der Waals surface area contributed by atoms with Crippen LogP contribution < -0.4 is 5.32 Å². The third-order valence-electron chi connectivity index (χ3n) is 2.57. The van der Waals surface area contributed by atoms with Gasteiger partial charge in [0.05, 0.1) is 6.33 Å². The van der Waals surface area contributed by atoms with E-state index < -0.39 is 0 Å². The van der Waals surface area contributed by atoms with Crippen molar-refractivity contribution in [3.63, 3.8) is 0 Å².